The molecule has 2 aromatic rings. The SMILES string of the molecule is COc1ccc2cnc(OCCCN)nc2c1. The van der Waals surface area contributed by atoms with Gasteiger partial charge in [0.25, 0.3) is 0 Å². The van der Waals surface area contributed by atoms with Gasteiger partial charge in [-0.05, 0) is 25.1 Å². The lowest BCUT2D eigenvalue weighted by atomic mass is 10.2. The number of benzene rings is 1. The minimum absolute atomic E-state index is 0.374. The van der Waals surface area contributed by atoms with Crippen LogP contribution in [-0.4, -0.2) is 30.2 Å². The van der Waals surface area contributed by atoms with Gasteiger partial charge in [-0.1, -0.05) is 0 Å². The number of nitrogens with zero attached hydrogens (tertiary/aromatic N) is 2. The van der Waals surface area contributed by atoms with Gasteiger partial charge >= 0.3 is 6.01 Å². The molecule has 0 aliphatic heterocycles. The quantitative estimate of drug-likeness (QED) is 0.790. The molecule has 0 spiro atoms. The van der Waals surface area contributed by atoms with Gasteiger partial charge in [-0.2, -0.15) is 4.98 Å². The molecule has 0 atom stereocenters. The molecule has 0 amide bonds. The average molecular weight is 233 g/mol. The maximum atomic E-state index is 5.38. The highest BCUT2D eigenvalue weighted by Crippen LogP contribution is 2.19. The van der Waals surface area contributed by atoms with Gasteiger partial charge in [0.2, 0.25) is 0 Å². The molecule has 2 N–H and O–H groups in total. The Bertz CT molecular complexity index is 502. The molecule has 5 nitrogen and oxygen atoms in total. The molecule has 1 heterocycles. The van der Waals surface area contributed by atoms with Crippen LogP contribution in [0.4, 0.5) is 0 Å². The highest BCUT2D eigenvalue weighted by atomic mass is 16.5. The van der Waals surface area contributed by atoms with Crippen LogP contribution in [-0.2, 0) is 0 Å². The maximum Gasteiger partial charge on any atom is 0.316 e. The molecular formula is C12H15N3O2. The van der Waals surface area contributed by atoms with Crippen molar-refractivity contribution in [3.05, 3.63) is 24.4 Å². The zero-order valence-corrected chi connectivity index (χ0v) is 9.72. The first kappa shape index (κ1) is 11.6. The number of hydrogen-bond donors (Lipinski definition) is 1. The Morgan fingerprint density at radius 1 is 1.35 bits per heavy atom. The van der Waals surface area contributed by atoms with Gasteiger partial charge in [0, 0.05) is 17.6 Å². The van der Waals surface area contributed by atoms with E-state index in [2.05, 4.69) is 9.97 Å². The lowest BCUT2D eigenvalue weighted by molar-refractivity contribution is 0.290. The van der Waals surface area contributed by atoms with Crippen LogP contribution in [0.25, 0.3) is 10.9 Å². The average Bonchev–Trinajstić information content (AvgIpc) is 2.38. The molecule has 90 valence electrons. The zero-order valence-electron chi connectivity index (χ0n) is 9.72. The van der Waals surface area contributed by atoms with Gasteiger partial charge in [-0.15, -0.1) is 0 Å². The van der Waals surface area contributed by atoms with Crippen molar-refractivity contribution < 1.29 is 9.47 Å². The predicted octanol–water partition coefficient (Wildman–Crippen LogP) is 1.37. The topological polar surface area (TPSA) is 70.3 Å². The van der Waals surface area contributed by atoms with Crippen LogP contribution in [0, 0.1) is 0 Å². The molecule has 0 bridgehead atoms. The van der Waals surface area contributed by atoms with Gasteiger partial charge in [0.1, 0.15) is 5.75 Å². The summed E-state index contributed by atoms with van der Waals surface area (Å²) in [4.78, 5) is 8.42. The molecule has 0 saturated heterocycles. The molecule has 0 saturated carbocycles. The Morgan fingerprint density at radius 3 is 3.00 bits per heavy atom. The molecule has 5 heteroatoms. The predicted molar refractivity (Wildman–Crippen MR) is 65.3 cm³/mol. The molecule has 0 unspecified atom stereocenters. The van der Waals surface area contributed by atoms with E-state index in [1.807, 2.05) is 18.2 Å². The Balaban J connectivity index is 2.22. The van der Waals surface area contributed by atoms with Crippen LogP contribution in [0.5, 0.6) is 11.8 Å². The van der Waals surface area contributed by atoms with Crippen molar-refractivity contribution in [3.8, 4) is 11.8 Å². The number of methoxy groups -OCH3 is 1. The second-order valence-corrected chi connectivity index (χ2v) is 3.57. The summed E-state index contributed by atoms with van der Waals surface area (Å²) in [7, 11) is 1.63. The van der Waals surface area contributed by atoms with E-state index in [1.165, 1.54) is 0 Å². The normalized spacial score (nSPS) is 10.5. The van der Waals surface area contributed by atoms with E-state index in [9.17, 15) is 0 Å². The molecule has 1 aromatic carbocycles. The molecule has 0 radical (unpaired) electrons. The van der Waals surface area contributed by atoms with Crippen molar-refractivity contribution >= 4 is 10.9 Å². The van der Waals surface area contributed by atoms with E-state index >= 15 is 0 Å². The van der Waals surface area contributed by atoms with Crippen molar-refractivity contribution in [2.24, 2.45) is 5.73 Å². The van der Waals surface area contributed by atoms with Gasteiger partial charge in [0.15, 0.2) is 0 Å². The third kappa shape index (κ3) is 2.82. The molecule has 0 fully saturated rings. The summed E-state index contributed by atoms with van der Waals surface area (Å²) in [5.74, 6) is 0.768. The fourth-order valence-electron chi connectivity index (χ4n) is 1.43. The number of nitrogens with two attached hydrogens (primary N) is 1. The minimum atomic E-state index is 0.374. The standard InChI is InChI=1S/C12H15N3O2/c1-16-10-4-3-9-8-14-12(15-11(9)7-10)17-6-2-5-13/h3-4,7-8H,2,5-6,13H2,1H3. The molecule has 0 aliphatic carbocycles. The van der Waals surface area contributed by atoms with Crippen molar-refractivity contribution in [2.45, 2.75) is 6.42 Å². The number of hydrogen-bond acceptors (Lipinski definition) is 5. The number of aromatic nitrogens is 2. The zero-order chi connectivity index (χ0) is 12.1. The monoisotopic (exact) mass is 233 g/mol. The Kier molecular flexibility index (Phi) is 3.72. The summed E-state index contributed by atoms with van der Waals surface area (Å²) in [6.07, 6.45) is 2.53. The van der Waals surface area contributed by atoms with E-state index in [1.54, 1.807) is 13.3 Å². The number of rotatable bonds is 5. The van der Waals surface area contributed by atoms with Gasteiger partial charge in [-0.3, -0.25) is 0 Å². The summed E-state index contributed by atoms with van der Waals surface area (Å²) in [5, 5.41) is 0.956. The summed E-state index contributed by atoms with van der Waals surface area (Å²) in [6, 6.07) is 6.02. The van der Waals surface area contributed by atoms with Crippen LogP contribution in [0.15, 0.2) is 24.4 Å². The molecule has 0 aliphatic rings. The highest BCUT2D eigenvalue weighted by molar-refractivity contribution is 5.79. The van der Waals surface area contributed by atoms with E-state index in [0.29, 0.717) is 19.2 Å². The molecule has 17 heavy (non-hydrogen) atoms. The van der Waals surface area contributed by atoms with Crippen LogP contribution in [0.3, 0.4) is 0 Å². The highest BCUT2D eigenvalue weighted by Gasteiger charge is 2.02. The largest absolute Gasteiger partial charge is 0.497 e. The second-order valence-electron chi connectivity index (χ2n) is 3.57. The van der Waals surface area contributed by atoms with Crippen molar-refractivity contribution in [2.75, 3.05) is 20.3 Å². The summed E-state index contributed by atoms with van der Waals surface area (Å²) in [6.45, 7) is 1.13. The molecule has 1 aromatic heterocycles. The van der Waals surface area contributed by atoms with Crippen LogP contribution in [0.2, 0.25) is 0 Å². The lowest BCUT2D eigenvalue weighted by Gasteiger charge is -2.05. The first-order valence-electron chi connectivity index (χ1n) is 5.47. The van der Waals surface area contributed by atoms with Crippen molar-refractivity contribution in [1.82, 2.24) is 9.97 Å². The third-order valence-corrected chi connectivity index (χ3v) is 2.35. The summed E-state index contributed by atoms with van der Waals surface area (Å²) in [5.41, 5.74) is 6.19. The van der Waals surface area contributed by atoms with Crippen molar-refractivity contribution in [3.63, 3.8) is 0 Å². The van der Waals surface area contributed by atoms with Crippen LogP contribution in [0.1, 0.15) is 6.42 Å². The fourth-order valence-corrected chi connectivity index (χ4v) is 1.43. The van der Waals surface area contributed by atoms with E-state index in [-0.39, 0.29) is 0 Å². The Hall–Kier alpha value is -1.88. The first-order valence-corrected chi connectivity index (χ1v) is 5.47. The lowest BCUT2D eigenvalue weighted by Crippen LogP contribution is -2.07. The second kappa shape index (κ2) is 5.45. The third-order valence-electron chi connectivity index (χ3n) is 2.35. The summed E-state index contributed by atoms with van der Waals surface area (Å²) < 4.78 is 10.5. The molecular weight excluding hydrogens is 218 g/mol. The van der Waals surface area contributed by atoms with Gasteiger partial charge < -0.3 is 15.2 Å². The molecule has 2 rings (SSSR count). The van der Waals surface area contributed by atoms with Crippen LogP contribution >= 0.6 is 0 Å². The Labute approximate surface area is 99.6 Å². The fraction of sp³-hybridized carbons (Fsp3) is 0.333. The smallest absolute Gasteiger partial charge is 0.316 e. The van der Waals surface area contributed by atoms with E-state index in [0.717, 1.165) is 23.1 Å². The Morgan fingerprint density at radius 2 is 2.24 bits per heavy atom. The maximum absolute atomic E-state index is 5.38. The van der Waals surface area contributed by atoms with Gasteiger partial charge in [0.05, 0.1) is 19.2 Å². The summed E-state index contributed by atoms with van der Waals surface area (Å²) >= 11 is 0. The van der Waals surface area contributed by atoms with Crippen LogP contribution < -0.4 is 15.2 Å². The first-order chi connectivity index (χ1) is 8.33. The number of fused-ring (bicyclic) bond motifs is 1. The van der Waals surface area contributed by atoms with E-state index < -0.39 is 0 Å². The van der Waals surface area contributed by atoms with Crippen molar-refractivity contribution in [1.29, 1.82) is 0 Å². The van der Waals surface area contributed by atoms with Gasteiger partial charge in [-0.25, -0.2) is 4.98 Å². The number of ether oxygens (including phenoxy) is 2. The minimum Gasteiger partial charge on any atom is -0.497 e. The van der Waals surface area contributed by atoms with E-state index in [4.69, 9.17) is 15.2 Å².